The van der Waals surface area contributed by atoms with E-state index in [1.54, 1.807) is 13.0 Å². The summed E-state index contributed by atoms with van der Waals surface area (Å²) in [6.07, 6.45) is 0.401. The summed E-state index contributed by atoms with van der Waals surface area (Å²) in [4.78, 5) is 35.9. The maximum absolute atomic E-state index is 12.5. The second kappa shape index (κ2) is 6.06. The van der Waals surface area contributed by atoms with Gasteiger partial charge in [0, 0.05) is 10.3 Å². The smallest absolute Gasteiger partial charge is 0.345 e. The minimum Gasteiger partial charge on any atom is -0.504 e. The van der Waals surface area contributed by atoms with Crippen molar-refractivity contribution in [2.75, 3.05) is 7.11 Å². The van der Waals surface area contributed by atoms with Crippen LogP contribution in [0.5, 0.6) is 11.5 Å². The number of nitrogens with two attached hydrogens (primary N) is 1. The molecular weight excluding hydrogens is 346 g/mol. The number of rotatable bonds is 4. The van der Waals surface area contributed by atoms with Crippen molar-refractivity contribution in [1.29, 1.82) is 0 Å². The molecular formula is C17H13NO6S. The first kappa shape index (κ1) is 16.7. The highest BCUT2D eigenvalue weighted by atomic mass is 32.1. The Kier molecular flexibility index (Phi) is 4.05. The predicted molar refractivity (Wildman–Crippen MR) is 92.7 cm³/mol. The molecule has 0 radical (unpaired) electrons. The number of aryl methyl sites for hydroxylation is 1. The molecule has 25 heavy (non-hydrogen) atoms. The Balaban J connectivity index is 2.39. The molecule has 1 amide bonds. The first-order valence-corrected chi connectivity index (χ1v) is 7.93. The van der Waals surface area contributed by atoms with Gasteiger partial charge in [0.05, 0.1) is 17.6 Å². The van der Waals surface area contributed by atoms with Crippen molar-refractivity contribution >= 4 is 34.5 Å². The number of phenolic OH excluding ortho intramolecular Hbond substituents is 1. The lowest BCUT2D eigenvalue weighted by Crippen LogP contribution is -2.08. The summed E-state index contributed by atoms with van der Waals surface area (Å²) in [7, 11) is 1.35. The first-order chi connectivity index (χ1) is 11.9. The molecule has 0 saturated carbocycles. The van der Waals surface area contributed by atoms with Gasteiger partial charge in [0.2, 0.25) is 0 Å². The number of hydrogen-bond donors (Lipinski definition) is 2. The van der Waals surface area contributed by atoms with Gasteiger partial charge in [0.1, 0.15) is 5.56 Å². The topological polar surface area (TPSA) is 120 Å². The molecule has 3 rings (SSSR count). The normalized spacial score (nSPS) is 10.8. The fourth-order valence-electron chi connectivity index (χ4n) is 2.63. The fourth-order valence-corrected chi connectivity index (χ4v) is 3.57. The van der Waals surface area contributed by atoms with E-state index in [1.807, 2.05) is 0 Å². The lowest BCUT2D eigenvalue weighted by atomic mass is 10.0. The Bertz CT molecular complexity index is 1080. The average Bonchev–Trinajstić information content (AvgIpc) is 3.04. The summed E-state index contributed by atoms with van der Waals surface area (Å²) >= 11 is 1.07. The lowest BCUT2D eigenvalue weighted by molar-refractivity contribution is 0.100. The second-order valence-corrected chi connectivity index (χ2v) is 6.34. The van der Waals surface area contributed by atoms with Crippen LogP contribution < -0.4 is 16.1 Å². The Morgan fingerprint density at radius 2 is 2.12 bits per heavy atom. The summed E-state index contributed by atoms with van der Waals surface area (Å²) in [5.41, 5.74) is 5.17. The molecule has 7 nitrogen and oxygen atoms in total. The molecule has 0 aliphatic carbocycles. The molecule has 0 unspecified atom stereocenters. The summed E-state index contributed by atoms with van der Waals surface area (Å²) in [5, 5.41) is 10.5. The zero-order chi connectivity index (χ0) is 18.3. The van der Waals surface area contributed by atoms with Crippen LogP contribution in [-0.2, 0) is 0 Å². The molecule has 0 spiro atoms. The van der Waals surface area contributed by atoms with Gasteiger partial charge in [-0.25, -0.2) is 4.79 Å². The van der Waals surface area contributed by atoms with E-state index in [4.69, 9.17) is 14.9 Å². The van der Waals surface area contributed by atoms with Crippen LogP contribution in [0.4, 0.5) is 0 Å². The molecule has 2 heterocycles. The molecule has 0 bridgehead atoms. The first-order valence-electron chi connectivity index (χ1n) is 7.11. The number of fused-ring (bicyclic) bond motifs is 1. The van der Waals surface area contributed by atoms with Gasteiger partial charge in [0.25, 0.3) is 5.91 Å². The number of carbonyl (C=O) groups is 2. The van der Waals surface area contributed by atoms with Gasteiger partial charge < -0.3 is 20.0 Å². The zero-order valence-electron chi connectivity index (χ0n) is 13.3. The summed E-state index contributed by atoms with van der Waals surface area (Å²) in [6, 6.07) is 4.62. The van der Waals surface area contributed by atoms with E-state index in [2.05, 4.69) is 0 Å². The zero-order valence-corrected chi connectivity index (χ0v) is 14.1. The van der Waals surface area contributed by atoms with Crippen molar-refractivity contribution in [2.24, 2.45) is 5.73 Å². The third-order valence-corrected chi connectivity index (χ3v) is 4.98. The van der Waals surface area contributed by atoms with E-state index in [-0.39, 0.29) is 22.5 Å². The van der Waals surface area contributed by atoms with Crippen LogP contribution in [0.2, 0.25) is 0 Å². The van der Waals surface area contributed by atoms with E-state index in [1.165, 1.54) is 19.2 Å². The molecule has 2 aromatic heterocycles. The van der Waals surface area contributed by atoms with Crippen molar-refractivity contribution < 1.29 is 23.8 Å². The third kappa shape index (κ3) is 2.56. The lowest BCUT2D eigenvalue weighted by Gasteiger charge is -2.11. The van der Waals surface area contributed by atoms with Gasteiger partial charge in [-0.05, 0) is 30.7 Å². The number of amides is 1. The summed E-state index contributed by atoms with van der Waals surface area (Å²) < 4.78 is 10.4. The maximum Gasteiger partial charge on any atom is 0.345 e. The van der Waals surface area contributed by atoms with Gasteiger partial charge in [0.15, 0.2) is 23.4 Å². The van der Waals surface area contributed by atoms with Crippen LogP contribution in [0, 0.1) is 6.92 Å². The second-order valence-electron chi connectivity index (χ2n) is 5.25. The van der Waals surface area contributed by atoms with E-state index < -0.39 is 17.3 Å². The highest BCUT2D eigenvalue weighted by molar-refractivity contribution is 7.17. The van der Waals surface area contributed by atoms with Crippen molar-refractivity contribution in [3.8, 4) is 21.9 Å². The fraction of sp³-hybridized carbons (Fsp3) is 0.118. The minimum absolute atomic E-state index is 0.0220. The summed E-state index contributed by atoms with van der Waals surface area (Å²) in [5.74, 6) is -0.900. The number of primary amides is 1. The Hall–Kier alpha value is -3.13. The Morgan fingerprint density at radius 1 is 1.40 bits per heavy atom. The van der Waals surface area contributed by atoms with E-state index >= 15 is 0 Å². The Morgan fingerprint density at radius 3 is 2.68 bits per heavy atom. The summed E-state index contributed by atoms with van der Waals surface area (Å²) in [6.45, 7) is 1.68. The van der Waals surface area contributed by atoms with Crippen LogP contribution in [0.25, 0.3) is 21.4 Å². The van der Waals surface area contributed by atoms with Crippen molar-refractivity contribution in [1.82, 2.24) is 0 Å². The van der Waals surface area contributed by atoms with Gasteiger partial charge >= 0.3 is 5.63 Å². The molecule has 3 N–H and O–H groups in total. The van der Waals surface area contributed by atoms with E-state index in [0.29, 0.717) is 27.0 Å². The number of carbonyl (C=O) groups excluding carboxylic acids is 2. The molecule has 1 aromatic carbocycles. The van der Waals surface area contributed by atoms with Crippen LogP contribution in [0.3, 0.4) is 0 Å². The highest BCUT2D eigenvalue weighted by Gasteiger charge is 2.21. The number of ether oxygens (including phenoxy) is 1. The SMILES string of the molecule is COc1cc2c(C)c(-c3ccc(C(N)=O)s3)c(=O)oc2c(C=O)c1O. The minimum atomic E-state index is -0.685. The number of hydrogen-bond acceptors (Lipinski definition) is 7. The maximum atomic E-state index is 12.5. The Labute approximate surface area is 145 Å². The number of methoxy groups -OCH3 is 1. The van der Waals surface area contributed by atoms with Crippen molar-refractivity contribution in [3.63, 3.8) is 0 Å². The van der Waals surface area contributed by atoms with Gasteiger partial charge in [-0.15, -0.1) is 11.3 Å². The van der Waals surface area contributed by atoms with E-state index in [0.717, 1.165) is 11.3 Å². The van der Waals surface area contributed by atoms with Crippen LogP contribution >= 0.6 is 11.3 Å². The van der Waals surface area contributed by atoms with Crippen LogP contribution in [-0.4, -0.2) is 24.4 Å². The van der Waals surface area contributed by atoms with Crippen molar-refractivity contribution in [2.45, 2.75) is 6.92 Å². The molecule has 8 heteroatoms. The molecule has 0 fully saturated rings. The highest BCUT2D eigenvalue weighted by Crippen LogP contribution is 2.39. The number of phenols is 1. The van der Waals surface area contributed by atoms with Crippen molar-refractivity contribution in [3.05, 3.63) is 44.6 Å². The molecule has 0 aliphatic heterocycles. The number of thiophene rings is 1. The van der Waals surface area contributed by atoms with E-state index in [9.17, 15) is 19.5 Å². The average molecular weight is 359 g/mol. The largest absolute Gasteiger partial charge is 0.504 e. The molecule has 3 aromatic rings. The molecule has 128 valence electrons. The van der Waals surface area contributed by atoms with Crippen LogP contribution in [0.15, 0.2) is 27.4 Å². The third-order valence-electron chi connectivity index (χ3n) is 3.86. The molecule has 0 aliphatic rings. The standard InChI is InChI=1S/C17H13NO6S/c1-7-8-5-10(23-2)14(20)9(6-19)15(8)24-17(22)13(7)11-3-4-12(25-11)16(18)21/h3-6,20H,1-2H3,(H2,18,21). The van der Waals surface area contributed by atoms with Gasteiger partial charge in [-0.2, -0.15) is 0 Å². The number of aldehydes is 1. The molecule has 0 saturated heterocycles. The quantitative estimate of drug-likeness (QED) is 0.545. The number of benzene rings is 1. The molecule has 0 atom stereocenters. The predicted octanol–water partition coefficient (Wildman–Crippen LogP) is 2.46. The van der Waals surface area contributed by atoms with Crippen LogP contribution in [0.1, 0.15) is 25.6 Å². The van der Waals surface area contributed by atoms with Gasteiger partial charge in [-0.1, -0.05) is 0 Å². The monoisotopic (exact) mass is 359 g/mol. The van der Waals surface area contributed by atoms with Gasteiger partial charge in [-0.3, -0.25) is 9.59 Å². The number of aromatic hydroxyl groups is 1.